The van der Waals surface area contributed by atoms with E-state index in [1.807, 2.05) is 0 Å². The lowest BCUT2D eigenvalue weighted by atomic mass is 10.1. The molecule has 2 rings (SSSR count). The van der Waals surface area contributed by atoms with Crippen molar-refractivity contribution in [3.8, 4) is 0 Å². The zero-order valence-corrected chi connectivity index (χ0v) is 11.3. The smallest absolute Gasteiger partial charge is 0.141 e. The Morgan fingerprint density at radius 2 is 2.44 bits per heavy atom. The number of aromatic nitrogens is 3. The lowest BCUT2D eigenvalue weighted by molar-refractivity contribution is 0.526. The first-order chi connectivity index (χ1) is 7.79. The van der Waals surface area contributed by atoms with Crippen LogP contribution in [0.15, 0.2) is 22.2 Å². The highest BCUT2D eigenvalue weighted by Gasteiger charge is 2.14. The second-order valence-electron chi connectivity index (χ2n) is 3.39. The van der Waals surface area contributed by atoms with Crippen LogP contribution in [0.25, 0.3) is 0 Å². The molecule has 86 valence electrons. The van der Waals surface area contributed by atoms with E-state index in [0.29, 0.717) is 0 Å². The Hall–Kier alpha value is -0.720. The molecular formula is C10H13BrN4S. The topological polar surface area (TPSA) is 53.6 Å². The van der Waals surface area contributed by atoms with E-state index >= 15 is 0 Å². The van der Waals surface area contributed by atoms with Crippen molar-refractivity contribution >= 4 is 27.3 Å². The van der Waals surface area contributed by atoms with Crippen LogP contribution in [0.1, 0.15) is 23.7 Å². The van der Waals surface area contributed by atoms with Gasteiger partial charge in [-0.2, -0.15) is 5.10 Å². The highest BCUT2D eigenvalue weighted by atomic mass is 79.9. The van der Waals surface area contributed by atoms with Crippen LogP contribution >= 0.6 is 27.3 Å². The summed E-state index contributed by atoms with van der Waals surface area (Å²) in [6, 6.07) is 4.41. The summed E-state index contributed by atoms with van der Waals surface area (Å²) in [4.78, 5) is 5.53. The average molecular weight is 301 g/mol. The molecule has 0 aliphatic rings. The van der Waals surface area contributed by atoms with E-state index in [1.165, 1.54) is 4.88 Å². The van der Waals surface area contributed by atoms with Gasteiger partial charge in [-0.3, -0.25) is 5.10 Å². The minimum Gasteiger partial charge on any atom is -0.307 e. The van der Waals surface area contributed by atoms with Gasteiger partial charge in [0.25, 0.3) is 0 Å². The number of likely N-dealkylation sites (N-methyl/N-ethyl adjacent to an activating group) is 1. The summed E-state index contributed by atoms with van der Waals surface area (Å²) in [7, 11) is 0. The Balaban J connectivity index is 2.09. The average Bonchev–Trinajstić information content (AvgIpc) is 2.88. The van der Waals surface area contributed by atoms with E-state index in [0.717, 1.165) is 22.6 Å². The standard InChI is InChI=1S/C10H13BrN4S/c1-2-12-8(10-13-6-14-15-10)5-7-3-4-9(11)16-7/h3-4,6,8,12H,2,5H2,1H3,(H,13,14,15). The van der Waals surface area contributed by atoms with E-state index in [1.54, 1.807) is 17.7 Å². The Kier molecular flexibility index (Phi) is 4.09. The maximum Gasteiger partial charge on any atom is 0.141 e. The van der Waals surface area contributed by atoms with Crippen LogP contribution in [0.4, 0.5) is 0 Å². The minimum atomic E-state index is 0.207. The Morgan fingerprint density at radius 3 is 3.00 bits per heavy atom. The molecule has 6 heteroatoms. The zero-order chi connectivity index (χ0) is 11.4. The quantitative estimate of drug-likeness (QED) is 0.892. The number of nitrogens with one attached hydrogen (secondary N) is 2. The molecule has 2 heterocycles. The van der Waals surface area contributed by atoms with Crippen molar-refractivity contribution in [3.05, 3.63) is 32.9 Å². The van der Waals surface area contributed by atoms with Gasteiger partial charge in [0.05, 0.1) is 9.83 Å². The van der Waals surface area contributed by atoms with Crippen molar-refractivity contribution in [1.29, 1.82) is 0 Å². The first-order valence-electron chi connectivity index (χ1n) is 5.12. The van der Waals surface area contributed by atoms with Crippen LogP contribution in [0.2, 0.25) is 0 Å². The number of halogens is 1. The zero-order valence-electron chi connectivity index (χ0n) is 8.90. The predicted molar refractivity (Wildman–Crippen MR) is 68.5 cm³/mol. The second kappa shape index (κ2) is 5.56. The van der Waals surface area contributed by atoms with Crippen molar-refractivity contribution in [2.75, 3.05) is 6.54 Å². The number of hydrogen-bond donors (Lipinski definition) is 2. The lowest BCUT2D eigenvalue weighted by Crippen LogP contribution is -2.23. The van der Waals surface area contributed by atoms with E-state index in [4.69, 9.17) is 0 Å². The molecule has 0 saturated heterocycles. The molecule has 0 aliphatic heterocycles. The number of thiophene rings is 1. The number of rotatable bonds is 5. The van der Waals surface area contributed by atoms with Crippen molar-refractivity contribution in [1.82, 2.24) is 20.5 Å². The van der Waals surface area contributed by atoms with E-state index in [2.05, 4.69) is 55.5 Å². The van der Waals surface area contributed by atoms with Crippen LogP contribution < -0.4 is 5.32 Å². The Morgan fingerprint density at radius 1 is 1.56 bits per heavy atom. The second-order valence-corrected chi connectivity index (χ2v) is 5.94. The molecule has 0 saturated carbocycles. The van der Waals surface area contributed by atoms with Crippen LogP contribution in [-0.4, -0.2) is 21.7 Å². The predicted octanol–water partition coefficient (Wildman–Crippen LogP) is 2.52. The van der Waals surface area contributed by atoms with Gasteiger partial charge < -0.3 is 5.32 Å². The molecule has 4 nitrogen and oxygen atoms in total. The van der Waals surface area contributed by atoms with Crippen molar-refractivity contribution in [2.45, 2.75) is 19.4 Å². The third kappa shape index (κ3) is 2.90. The molecule has 2 aromatic rings. The molecule has 0 radical (unpaired) electrons. The molecule has 0 aromatic carbocycles. The molecule has 0 amide bonds. The molecule has 0 bridgehead atoms. The molecule has 2 aromatic heterocycles. The molecule has 2 N–H and O–H groups in total. The molecule has 0 fully saturated rings. The van der Waals surface area contributed by atoms with Gasteiger partial charge in [-0.05, 0) is 34.6 Å². The first kappa shape index (κ1) is 11.8. The normalized spacial score (nSPS) is 12.9. The highest BCUT2D eigenvalue weighted by molar-refractivity contribution is 9.11. The molecular weight excluding hydrogens is 288 g/mol. The molecule has 0 aliphatic carbocycles. The largest absolute Gasteiger partial charge is 0.307 e. The number of hydrogen-bond acceptors (Lipinski definition) is 4. The summed E-state index contributed by atoms with van der Waals surface area (Å²) in [5.41, 5.74) is 0. The summed E-state index contributed by atoms with van der Waals surface area (Å²) in [6.45, 7) is 3.01. The summed E-state index contributed by atoms with van der Waals surface area (Å²) >= 11 is 5.23. The fraction of sp³-hybridized carbons (Fsp3) is 0.400. The molecule has 1 unspecified atom stereocenters. The van der Waals surface area contributed by atoms with Gasteiger partial charge in [-0.15, -0.1) is 11.3 Å². The number of nitrogens with zero attached hydrogens (tertiary/aromatic N) is 2. The fourth-order valence-electron chi connectivity index (χ4n) is 1.56. The minimum absolute atomic E-state index is 0.207. The molecule has 16 heavy (non-hydrogen) atoms. The van der Waals surface area contributed by atoms with Gasteiger partial charge in [-0.25, -0.2) is 4.98 Å². The lowest BCUT2D eigenvalue weighted by Gasteiger charge is -2.13. The third-order valence-electron chi connectivity index (χ3n) is 2.25. The van der Waals surface area contributed by atoms with Crippen LogP contribution in [0.5, 0.6) is 0 Å². The van der Waals surface area contributed by atoms with Crippen molar-refractivity contribution in [2.24, 2.45) is 0 Å². The summed E-state index contributed by atoms with van der Waals surface area (Å²) in [6.07, 6.45) is 2.48. The Labute approximate surface area is 107 Å². The van der Waals surface area contributed by atoms with Crippen molar-refractivity contribution in [3.63, 3.8) is 0 Å². The monoisotopic (exact) mass is 300 g/mol. The van der Waals surface area contributed by atoms with Gasteiger partial charge in [0.2, 0.25) is 0 Å². The first-order valence-corrected chi connectivity index (χ1v) is 6.73. The van der Waals surface area contributed by atoms with Gasteiger partial charge in [0.15, 0.2) is 0 Å². The number of aromatic amines is 1. The highest BCUT2D eigenvalue weighted by Crippen LogP contribution is 2.25. The maximum atomic E-state index is 4.20. The third-order valence-corrected chi connectivity index (χ3v) is 3.89. The van der Waals surface area contributed by atoms with Gasteiger partial charge in [0.1, 0.15) is 12.2 Å². The van der Waals surface area contributed by atoms with E-state index in [-0.39, 0.29) is 6.04 Å². The van der Waals surface area contributed by atoms with Gasteiger partial charge in [0, 0.05) is 11.3 Å². The summed E-state index contributed by atoms with van der Waals surface area (Å²) < 4.78 is 1.16. The van der Waals surface area contributed by atoms with Crippen molar-refractivity contribution < 1.29 is 0 Å². The maximum absolute atomic E-state index is 4.20. The van der Waals surface area contributed by atoms with Crippen LogP contribution in [0, 0.1) is 0 Å². The van der Waals surface area contributed by atoms with E-state index < -0.39 is 0 Å². The van der Waals surface area contributed by atoms with Gasteiger partial charge >= 0.3 is 0 Å². The SMILES string of the molecule is CCNC(Cc1ccc(Br)s1)c1ncn[nH]1. The van der Waals surface area contributed by atoms with E-state index in [9.17, 15) is 0 Å². The molecule has 0 spiro atoms. The summed E-state index contributed by atoms with van der Waals surface area (Å²) in [5, 5.41) is 10.2. The summed E-state index contributed by atoms with van der Waals surface area (Å²) in [5.74, 6) is 0.895. The van der Waals surface area contributed by atoms with Crippen LogP contribution in [0.3, 0.4) is 0 Å². The number of H-pyrrole nitrogens is 1. The molecule has 1 atom stereocenters. The van der Waals surface area contributed by atoms with Gasteiger partial charge in [-0.1, -0.05) is 6.92 Å². The van der Waals surface area contributed by atoms with Crippen LogP contribution in [-0.2, 0) is 6.42 Å². The fourth-order valence-corrected chi connectivity index (χ4v) is 3.09. The Bertz CT molecular complexity index is 426.